The number of rotatable bonds is 8. The lowest BCUT2D eigenvalue weighted by atomic mass is 9.98. The van der Waals surface area contributed by atoms with Gasteiger partial charge in [0.15, 0.2) is 5.78 Å². The minimum absolute atomic E-state index is 0.0795. The Morgan fingerprint density at radius 1 is 1.00 bits per heavy atom. The Kier molecular flexibility index (Phi) is 7.11. The van der Waals surface area contributed by atoms with Crippen molar-refractivity contribution in [3.63, 3.8) is 0 Å². The zero-order valence-corrected chi connectivity index (χ0v) is 17.0. The van der Waals surface area contributed by atoms with E-state index in [1.165, 1.54) is 0 Å². The van der Waals surface area contributed by atoms with E-state index in [1.54, 1.807) is 62.6 Å². The molecule has 0 unspecified atom stereocenters. The predicted octanol–water partition coefficient (Wildman–Crippen LogP) is 4.91. The van der Waals surface area contributed by atoms with Gasteiger partial charge in [-0.05, 0) is 35.4 Å². The van der Waals surface area contributed by atoms with Crippen LogP contribution in [0.2, 0.25) is 0 Å². The van der Waals surface area contributed by atoms with E-state index >= 15 is 0 Å². The zero-order chi connectivity index (χ0) is 21.3. The standard InChI is InChI=1S/C25H24N2O3/c1-18(2)24(28)21(15-20-11-8-14-26-16-20)25(29)27-22-12-6-7-13-23(22)30-17-19-9-4-3-5-10-19/h3-16,18H,17H2,1-2H3,(H,27,29). The molecule has 3 aromatic rings. The van der Waals surface area contributed by atoms with E-state index in [0.29, 0.717) is 23.6 Å². The van der Waals surface area contributed by atoms with Crippen LogP contribution in [-0.2, 0) is 16.2 Å². The molecule has 0 fully saturated rings. The average Bonchev–Trinajstić information content (AvgIpc) is 2.77. The number of para-hydroxylation sites is 2. The van der Waals surface area contributed by atoms with Gasteiger partial charge in [0.05, 0.1) is 11.3 Å². The molecule has 0 bridgehead atoms. The van der Waals surface area contributed by atoms with E-state index in [-0.39, 0.29) is 17.3 Å². The average molecular weight is 400 g/mol. The highest BCUT2D eigenvalue weighted by molar-refractivity contribution is 6.26. The van der Waals surface area contributed by atoms with Gasteiger partial charge in [0.1, 0.15) is 12.4 Å². The van der Waals surface area contributed by atoms with Crippen LogP contribution in [0.5, 0.6) is 5.75 Å². The number of Topliss-reactive ketones (excluding diaryl/α,β-unsaturated/α-hetero) is 1. The molecular formula is C25H24N2O3. The van der Waals surface area contributed by atoms with Gasteiger partial charge in [-0.1, -0.05) is 62.4 Å². The molecule has 0 atom stereocenters. The van der Waals surface area contributed by atoms with Gasteiger partial charge in [-0.2, -0.15) is 0 Å². The summed E-state index contributed by atoms with van der Waals surface area (Å²) in [6, 6.07) is 20.5. The fourth-order valence-corrected chi connectivity index (χ4v) is 2.81. The maximum absolute atomic E-state index is 13.0. The normalized spacial score (nSPS) is 11.2. The summed E-state index contributed by atoms with van der Waals surface area (Å²) in [6.45, 7) is 3.91. The summed E-state index contributed by atoms with van der Waals surface area (Å²) in [6.07, 6.45) is 4.82. The Balaban J connectivity index is 1.82. The van der Waals surface area contributed by atoms with Crippen molar-refractivity contribution in [1.29, 1.82) is 0 Å². The van der Waals surface area contributed by atoms with Crippen molar-refractivity contribution in [2.24, 2.45) is 5.92 Å². The molecule has 1 amide bonds. The monoisotopic (exact) mass is 400 g/mol. The first-order chi connectivity index (χ1) is 14.5. The molecule has 0 aliphatic rings. The summed E-state index contributed by atoms with van der Waals surface area (Å²) in [5.41, 5.74) is 2.29. The molecule has 0 radical (unpaired) electrons. The summed E-state index contributed by atoms with van der Waals surface area (Å²) in [4.78, 5) is 29.8. The highest BCUT2D eigenvalue weighted by atomic mass is 16.5. The number of carbonyl (C=O) groups is 2. The van der Waals surface area contributed by atoms with E-state index in [1.807, 2.05) is 36.4 Å². The number of hydrogen-bond donors (Lipinski definition) is 1. The lowest BCUT2D eigenvalue weighted by Gasteiger charge is -2.14. The lowest BCUT2D eigenvalue weighted by Crippen LogP contribution is -2.23. The van der Waals surface area contributed by atoms with Crippen LogP contribution < -0.4 is 10.1 Å². The summed E-state index contributed by atoms with van der Waals surface area (Å²) >= 11 is 0. The SMILES string of the molecule is CC(C)C(=O)C(=Cc1cccnc1)C(=O)Nc1ccccc1OCc1ccccc1. The molecule has 0 saturated heterocycles. The van der Waals surface area contributed by atoms with Crippen molar-refractivity contribution < 1.29 is 14.3 Å². The number of nitrogens with zero attached hydrogens (tertiary/aromatic N) is 1. The number of ketones is 1. The van der Waals surface area contributed by atoms with Gasteiger partial charge in [0, 0.05) is 18.3 Å². The van der Waals surface area contributed by atoms with Gasteiger partial charge < -0.3 is 10.1 Å². The van der Waals surface area contributed by atoms with Crippen LogP contribution in [0, 0.1) is 5.92 Å². The number of nitrogens with one attached hydrogen (secondary N) is 1. The second-order valence-corrected chi connectivity index (χ2v) is 7.09. The first kappa shape index (κ1) is 21.0. The Morgan fingerprint density at radius 2 is 1.73 bits per heavy atom. The molecule has 5 nitrogen and oxygen atoms in total. The van der Waals surface area contributed by atoms with Crippen molar-refractivity contribution in [3.8, 4) is 5.75 Å². The molecule has 5 heteroatoms. The number of benzene rings is 2. The van der Waals surface area contributed by atoms with Crippen LogP contribution in [0.3, 0.4) is 0 Å². The molecule has 0 saturated carbocycles. The topological polar surface area (TPSA) is 68.3 Å². The summed E-state index contributed by atoms with van der Waals surface area (Å²) in [7, 11) is 0. The largest absolute Gasteiger partial charge is 0.487 e. The third kappa shape index (κ3) is 5.64. The quantitative estimate of drug-likeness (QED) is 0.331. The van der Waals surface area contributed by atoms with Gasteiger partial charge in [-0.25, -0.2) is 0 Å². The lowest BCUT2D eigenvalue weighted by molar-refractivity contribution is -0.121. The summed E-state index contributed by atoms with van der Waals surface area (Å²) < 4.78 is 5.90. The smallest absolute Gasteiger partial charge is 0.259 e. The summed E-state index contributed by atoms with van der Waals surface area (Å²) in [5.74, 6) is -0.497. The summed E-state index contributed by atoms with van der Waals surface area (Å²) in [5, 5.41) is 2.83. The highest BCUT2D eigenvalue weighted by Gasteiger charge is 2.22. The number of ether oxygens (including phenoxy) is 1. The number of anilines is 1. The van der Waals surface area contributed by atoms with E-state index in [4.69, 9.17) is 4.74 Å². The first-order valence-electron chi connectivity index (χ1n) is 9.77. The number of carbonyl (C=O) groups excluding carboxylic acids is 2. The predicted molar refractivity (Wildman–Crippen MR) is 118 cm³/mol. The van der Waals surface area contributed by atoms with Crippen molar-refractivity contribution in [3.05, 3.63) is 95.8 Å². The molecule has 1 aromatic heterocycles. The van der Waals surface area contributed by atoms with Crippen molar-refractivity contribution in [2.75, 3.05) is 5.32 Å². The number of aromatic nitrogens is 1. The zero-order valence-electron chi connectivity index (χ0n) is 17.0. The van der Waals surface area contributed by atoms with Crippen LogP contribution in [0.4, 0.5) is 5.69 Å². The van der Waals surface area contributed by atoms with Crippen LogP contribution in [-0.4, -0.2) is 16.7 Å². The Bertz CT molecular complexity index is 1030. The van der Waals surface area contributed by atoms with Crippen LogP contribution in [0.15, 0.2) is 84.7 Å². The third-order valence-corrected chi connectivity index (χ3v) is 4.40. The number of amides is 1. The molecule has 2 aromatic carbocycles. The minimum atomic E-state index is -0.478. The molecule has 152 valence electrons. The fraction of sp³-hybridized carbons (Fsp3) is 0.160. The van der Waals surface area contributed by atoms with E-state index in [9.17, 15) is 9.59 Å². The molecule has 30 heavy (non-hydrogen) atoms. The van der Waals surface area contributed by atoms with Gasteiger partial charge in [-0.15, -0.1) is 0 Å². The molecule has 0 spiro atoms. The van der Waals surface area contributed by atoms with E-state index < -0.39 is 5.91 Å². The molecule has 0 aliphatic carbocycles. The van der Waals surface area contributed by atoms with Crippen LogP contribution >= 0.6 is 0 Å². The second-order valence-electron chi connectivity index (χ2n) is 7.09. The third-order valence-electron chi connectivity index (χ3n) is 4.40. The Hall–Kier alpha value is -3.73. The van der Waals surface area contributed by atoms with Gasteiger partial charge >= 0.3 is 0 Å². The highest BCUT2D eigenvalue weighted by Crippen LogP contribution is 2.26. The van der Waals surface area contributed by atoms with Gasteiger partial charge in [0.2, 0.25) is 0 Å². The minimum Gasteiger partial charge on any atom is -0.487 e. The first-order valence-corrected chi connectivity index (χ1v) is 9.77. The van der Waals surface area contributed by atoms with Gasteiger partial charge in [0.25, 0.3) is 5.91 Å². The second kappa shape index (κ2) is 10.2. The fourth-order valence-electron chi connectivity index (χ4n) is 2.81. The van der Waals surface area contributed by atoms with Crippen molar-refractivity contribution in [1.82, 2.24) is 4.98 Å². The number of hydrogen-bond acceptors (Lipinski definition) is 4. The van der Waals surface area contributed by atoms with E-state index in [0.717, 1.165) is 5.56 Å². The molecular weight excluding hydrogens is 376 g/mol. The van der Waals surface area contributed by atoms with Gasteiger partial charge in [-0.3, -0.25) is 14.6 Å². The van der Waals surface area contributed by atoms with Crippen molar-refractivity contribution in [2.45, 2.75) is 20.5 Å². The maximum atomic E-state index is 13.0. The number of pyridine rings is 1. The van der Waals surface area contributed by atoms with Crippen LogP contribution in [0.25, 0.3) is 6.08 Å². The van der Waals surface area contributed by atoms with Crippen molar-refractivity contribution >= 4 is 23.5 Å². The Morgan fingerprint density at radius 3 is 2.43 bits per heavy atom. The molecule has 0 aliphatic heterocycles. The maximum Gasteiger partial charge on any atom is 0.259 e. The molecule has 3 rings (SSSR count). The Labute approximate surface area is 176 Å². The van der Waals surface area contributed by atoms with Crippen LogP contribution in [0.1, 0.15) is 25.0 Å². The van der Waals surface area contributed by atoms with E-state index in [2.05, 4.69) is 10.3 Å². The molecule has 1 heterocycles. The molecule has 1 N–H and O–H groups in total.